The molecule has 134 valence electrons. The van der Waals surface area contributed by atoms with E-state index in [0.29, 0.717) is 22.5 Å². The van der Waals surface area contributed by atoms with Crippen LogP contribution in [0.15, 0.2) is 48.8 Å². The molecule has 0 bridgehead atoms. The maximum Gasteiger partial charge on any atom is 0.225 e. The van der Waals surface area contributed by atoms with Crippen molar-refractivity contribution in [3.8, 4) is 17.0 Å². The molecule has 3 rings (SSSR count). The lowest BCUT2D eigenvalue weighted by molar-refractivity contribution is 0.475. The monoisotopic (exact) mass is 369 g/mol. The van der Waals surface area contributed by atoms with Crippen molar-refractivity contribution < 1.29 is 5.11 Å². The van der Waals surface area contributed by atoms with Crippen molar-refractivity contribution in [2.45, 2.75) is 26.3 Å². The molecule has 1 atom stereocenters. The van der Waals surface area contributed by atoms with Gasteiger partial charge in [0, 0.05) is 36.1 Å². The van der Waals surface area contributed by atoms with Gasteiger partial charge < -0.3 is 15.7 Å². The molecule has 0 saturated heterocycles. The minimum atomic E-state index is 0.110. The Morgan fingerprint density at radius 3 is 2.73 bits per heavy atom. The molecule has 0 aliphatic rings. The van der Waals surface area contributed by atoms with Gasteiger partial charge in [0.25, 0.3) is 0 Å². The number of aromatic nitrogens is 3. The first-order valence-electron chi connectivity index (χ1n) is 8.36. The Balaban J connectivity index is 1.98. The van der Waals surface area contributed by atoms with Crippen molar-refractivity contribution in [3.05, 3.63) is 53.8 Å². The predicted octanol–water partition coefficient (Wildman–Crippen LogP) is 4.85. The normalized spacial score (nSPS) is 11.8. The van der Waals surface area contributed by atoms with E-state index in [1.807, 2.05) is 18.2 Å². The number of halogens is 1. The van der Waals surface area contributed by atoms with Crippen molar-refractivity contribution in [3.63, 3.8) is 0 Å². The first-order chi connectivity index (χ1) is 12.5. The molecule has 0 aliphatic carbocycles. The van der Waals surface area contributed by atoms with E-state index in [-0.39, 0.29) is 11.8 Å². The van der Waals surface area contributed by atoms with Gasteiger partial charge in [-0.3, -0.25) is 4.98 Å². The topological polar surface area (TPSA) is 83.0 Å². The van der Waals surface area contributed by atoms with Crippen LogP contribution < -0.4 is 10.6 Å². The fourth-order valence-corrected chi connectivity index (χ4v) is 2.53. The van der Waals surface area contributed by atoms with E-state index in [2.05, 4.69) is 39.4 Å². The van der Waals surface area contributed by atoms with Gasteiger partial charge in [0.15, 0.2) is 0 Å². The fraction of sp³-hybridized carbons (Fsp3) is 0.211. The quantitative estimate of drug-likeness (QED) is 0.538. The van der Waals surface area contributed by atoms with Gasteiger partial charge in [-0.25, -0.2) is 4.98 Å². The number of nitrogens with zero attached hydrogens (tertiary/aromatic N) is 3. The number of nitrogens with one attached hydrogen (secondary N) is 2. The third-order valence-corrected chi connectivity index (χ3v) is 4.20. The van der Waals surface area contributed by atoms with Crippen LogP contribution >= 0.6 is 11.6 Å². The molecule has 7 heteroatoms. The molecule has 0 radical (unpaired) electrons. The Morgan fingerprint density at radius 2 is 2.04 bits per heavy atom. The minimum Gasteiger partial charge on any atom is -0.508 e. The van der Waals surface area contributed by atoms with Crippen LogP contribution in [0.25, 0.3) is 11.3 Å². The molecule has 2 aromatic heterocycles. The Kier molecular flexibility index (Phi) is 5.53. The third kappa shape index (κ3) is 4.40. The van der Waals surface area contributed by atoms with Gasteiger partial charge in [-0.15, -0.1) is 0 Å². The number of hydrogen-bond donors (Lipinski definition) is 3. The van der Waals surface area contributed by atoms with Crippen LogP contribution in [0.2, 0.25) is 5.02 Å². The highest BCUT2D eigenvalue weighted by Crippen LogP contribution is 2.30. The molecule has 0 saturated carbocycles. The molecule has 0 fully saturated rings. The predicted molar refractivity (Wildman–Crippen MR) is 105 cm³/mol. The smallest absolute Gasteiger partial charge is 0.225 e. The SMILES string of the molecule is CC[C@H](C)Nc1nc(Nc2ccc(O)cc2Cl)cc(-c2cccnc2)n1. The summed E-state index contributed by atoms with van der Waals surface area (Å²) in [6, 6.07) is 10.6. The van der Waals surface area contributed by atoms with Gasteiger partial charge in [-0.1, -0.05) is 18.5 Å². The van der Waals surface area contributed by atoms with Crippen molar-refractivity contribution in [1.82, 2.24) is 15.0 Å². The van der Waals surface area contributed by atoms with Crippen LogP contribution in [-0.2, 0) is 0 Å². The third-order valence-electron chi connectivity index (χ3n) is 3.89. The summed E-state index contributed by atoms with van der Waals surface area (Å²) in [6.07, 6.45) is 4.43. The highest BCUT2D eigenvalue weighted by atomic mass is 35.5. The number of rotatable bonds is 6. The van der Waals surface area contributed by atoms with Crippen molar-refractivity contribution >= 4 is 29.1 Å². The summed E-state index contributed by atoms with van der Waals surface area (Å²) in [7, 11) is 0. The van der Waals surface area contributed by atoms with Crippen molar-refractivity contribution in [1.29, 1.82) is 0 Å². The summed E-state index contributed by atoms with van der Waals surface area (Å²) in [5, 5.41) is 16.4. The number of hydrogen-bond acceptors (Lipinski definition) is 6. The highest BCUT2D eigenvalue weighted by Gasteiger charge is 2.10. The van der Waals surface area contributed by atoms with Crippen molar-refractivity contribution in [2.75, 3.05) is 10.6 Å². The Morgan fingerprint density at radius 1 is 1.19 bits per heavy atom. The van der Waals surface area contributed by atoms with Gasteiger partial charge in [-0.05, 0) is 37.6 Å². The highest BCUT2D eigenvalue weighted by molar-refractivity contribution is 6.33. The zero-order chi connectivity index (χ0) is 18.5. The van der Waals surface area contributed by atoms with Gasteiger partial charge in [0.2, 0.25) is 5.95 Å². The van der Waals surface area contributed by atoms with Gasteiger partial charge in [0.1, 0.15) is 11.6 Å². The van der Waals surface area contributed by atoms with Crippen molar-refractivity contribution in [2.24, 2.45) is 0 Å². The second-order valence-corrected chi connectivity index (χ2v) is 6.35. The lowest BCUT2D eigenvalue weighted by Crippen LogP contribution is -2.16. The zero-order valence-electron chi connectivity index (χ0n) is 14.6. The maximum absolute atomic E-state index is 9.51. The molecule has 0 spiro atoms. The van der Waals surface area contributed by atoms with E-state index in [4.69, 9.17) is 11.6 Å². The fourth-order valence-electron chi connectivity index (χ4n) is 2.30. The summed E-state index contributed by atoms with van der Waals surface area (Å²) in [5.41, 5.74) is 2.29. The van der Waals surface area contributed by atoms with E-state index in [0.717, 1.165) is 17.7 Å². The number of anilines is 3. The van der Waals surface area contributed by atoms with Crippen LogP contribution in [0, 0.1) is 0 Å². The number of aromatic hydroxyl groups is 1. The van der Waals surface area contributed by atoms with E-state index in [1.165, 1.54) is 6.07 Å². The van der Waals surface area contributed by atoms with Gasteiger partial charge in [-0.2, -0.15) is 4.98 Å². The molecular formula is C19H20ClN5O. The van der Waals surface area contributed by atoms with Gasteiger partial charge >= 0.3 is 0 Å². The number of benzene rings is 1. The lowest BCUT2D eigenvalue weighted by atomic mass is 10.2. The molecule has 3 aromatic rings. The maximum atomic E-state index is 9.51. The summed E-state index contributed by atoms with van der Waals surface area (Å²) >= 11 is 6.19. The second-order valence-electron chi connectivity index (χ2n) is 5.95. The molecule has 2 heterocycles. The van der Waals surface area contributed by atoms with E-state index in [1.54, 1.807) is 24.5 Å². The average Bonchev–Trinajstić information content (AvgIpc) is 2.64. The largest absolute Gasteiger partial charge is 0.508 e. The van der Waals surface area contributed by atoms with Crippen LogP contribution in [0.1, 0.15) is 20.3 Å². The lowest BCUT2D eigenvalue weighted by Gasteiger charge is -2.15. The molecule has 6 nitrogen and oxygen atoms in total. The average molecular weight is 370 g/mol. The molecule has 26 heavy (non-hydrogen) atoms. The first-order valence-corrected chi connectivity index (χ1v) is 8.74. The van der Waals surface area contributed by atoms with Crippen LogP contribution in [0.5, 0.6) is 5.75 Å². The Labute approximate surface area is 157 Å². The summed E-state index contributed by atoms with van der Waals surface area (Å²) < 4.78 is 0. The number of pyridine rings is 1. The molecular weight excluding hydrogens is 350 g/mol. The Bertz CT molecular complexity index is 888. The zero-order valence-corrected chi connectivity index (χ0v) is 15.3. The van der Waals surface area contributed by atoms with Crippen LogP contribution in [-0.4, -0.2) is 26.1 Å². The van der Waals surface area contributed by atoms with Crippen LogP contribution in [0.3, 0.4) is 0 Å². The number of phenolic OH excluding ortho intramolecular Hbond substituents is 1. The molecule has 3 N–H and O–H groups in total. The summed E-state index contributed by atoms with van der Waals surface area (Å²) in [5.74, 6) is 1.23. The van der Waals surface area contributed by atoms with E-state index < -0.39 is 0 Å². The molecule has 0 aliphatic heterocycles. The van der Waals surface area contributed by atoms with Crippen LogP contribution in [0.4, 0.5) is 17.5 Å². The Hall–Kier alpha value is -2.86. The molecule has 1 aromatic carbocycles. The van der Waals surface area contributed by atoms with Gasteiger partial charge in [0.05, 0.1) is 16.4 Å². The minimum absolute atomic E-state index is 0.110. The second kappa shape index (κ2) is 8.01. The van der Waals surface area contributed by atoms with E-state index >= 15 is 0 Å². The molecule has 0 amide bonds. The number of phenols is 1. The standard InChI is InChI=1S/C19H20ClN5O/c1-3-12(2)22-19-24-17(13-5-4-8-21-11-13)10-18(25-19)23-16-7-6-14(26)9-15(16)20/h4-12,26H,3H2,1-2H3,(H2,22,23,24,25)/t12-/m0/s1. The molecule has 0 unspecified atom stereocenters. The summed E-state index contributed by atoms with van der Waals surface area (Å²) in [4.78, 5) is 13.3. The van der Waals surface area contributed by atoms with E-state index in [9.17, 15) is 5.11 Å². The first kappa shape index (κ1) is 17.9. The summed E-state index contributed by atoms with van der Waals surface area (Å²) in [6.45, 7) is 4.17.